The maximum Gasteiger partial charge on any atom is 0.339 e. The average Bonchev–Trinajstić information content (AvgIpc) is 2.58. The van der Waals surface area contributed by atoms with Crippen molar-refractivity contribution < 1.29 is 23.4 Å². The Hall–Kier alpha value is -2.67. The van der Waals surface area contributed by atoms with Gasteiger partial charge in [-0.05, 0) is 53.2 Å². The summed E-state index contributed by atoms with van der Waals surface area (Å²) < 4.78 is 24.0. The van der Waals surface area contributed by atoms with E-state index in [9.17, 15) is 19.1 Å². The van der Waals surface area contributed by atoms with Crippen molar-refractivity contribution in [3.63, 3.8) is 0 Å². The van der Waals surface area contributed by atoms with Crippen molar-refractivity contribution in [3.8, 4) is 5.75 Å². The molecule has 0 aliphatic rings. The van der Waals surface area contributed by atoms with E-state index in [1.165, 1.54) is 24.3 Å². The van der Waals surface area contributed by atoms with E-state index >= 15 is 0 Å². The Morgan fingerprint density at radius 2 is 2.04 bits per heavy atom. The van der Waals surface area contributed by atoms with Gasteiger partial charge in [-0.1, -0.05) is 0 Å². The molecule has 0 aliphatic carbocycles. The molecule has 2 aromatic carbocycles. The first kappa shape index (κ1) is 17.2. The van der Waals surface area contributed by atoms with Crippen LogP contribution in [-0.4, -0.2) is 11.1 Å². The Morgan fingerprint density at radius 1 is 1.28 bits per heavy atom. The zero-order valence-corrected chi connectivity index (χ0v) is 14.6. The number of fused-ring (bicyclic) bond motifs is 1. The molecule has 0 fully saturated rings. The highest BCUT2D eigenvalue weighted by atomic mass is 79.9. The smallest absolute Gasteiger partial charge is 0.339 e. The lowest BCUT2D eigenvalue weighted by molar-refractivity contribution is 0.0472. The molecule has 0 saturated heterocycles. The van der Waals surface area contributed by atoms with Gasteiger partial charge in [0.15, 0.2) is 0 Å². The minimum atomic E-state index is -0.733. The van der Waals surface area contributed by atoms with Crippen molar-refractivity contribution in [3.05, 3.63) is 73.8 Å². The monoisotopic (exact) mass is 406 g/mol. The van der Waals surface area contributed by atoms with Crippen molar-refractivity contribution in [1.29, 1.82) is 0 Å². The summed E-state index contributed by atoms with van der Waals surface area (Å²) in [5.41, 5.74) is 0.483. The summed E-state index contributed by atoms with van der Waals surface area (Å²) in [6.07, 6.45) is 0. The number of halogens is 2. The van der Waals surface area contributed by atoms with Gasteiger partial charge < -0.3 is 14.3 Å². The van der Waals surface area contributed by atoms with Crippen molar-refractivity contribution in [2.45, 2.75) is 13.5 Å². The highest BCUT2D eigenvalue weighted by Crippen LogP contribution is 2.28. The number of ether oxygens (including phenoxy) is 1. The zero-order chi connectivity index (χ0) is 18.1. The number of hydrogen-bond donors (Lipinski definition) is 1. The third kappa shape index (κ3) is 3.41. The minimum Gasteiger partial charge on any atom is -0.508 e. The van der Waals surface area contributed by atoms with Gasteiger partial charge in [-0.15, -0.1) is 0 Å². The molecule has 1 aromatic heterocycles. The topological polar surface area (TPSA) is 76.7 Å². The van der Waals surface area contributed by atoms with E-state index in [4.69, 9.17) is 9.15 Å². The molecule has 25 heavy (non-hydrogen) atoms. The number of carbonyl (C=O) groups is 1. The first-order valence-electron chi connectivity index (χ1n) is 7.24. The maximum absolute atomic E-state index is 13.3. The number of benzene rings is 2. The van der Waals surface area contributed by atoms with Gasteiger partial charge in [0.2, 0.25) is 0 Å². The van der Waals surface area contributed by atoms with Gasteiger partial charge in [0.05, 0.1) is 5.56 Å². The first-order valence-corrected chi connectivity index (χ1v) is 8.03. The predicted octanol–water partition coefficient (Wildman–Crippen LogP) is 4.07. The number of phenolic OH excluding ortho intramolecular Hbond substituents is 1. The van der Waals surface area contributed by atoms with Gasteiger partial charge >= 0.3 is 11.6 Å². The van der Waals surface area contributed by atoms with Gasteiger partial charge in [0.25, 0.3) is 0 Å². The molecule has 0 atom stereocenters. The van der Waals surface area contributed by atoms with Gasteiger partial charge in [-0.3, -0.25) is 0 Å². The van der Waals surface area contributed by atoms with Crippen molar-refractivity contribution >= 4 is 32.9 Å². The molecule has 128 valence electrons. The highest BCUT2D eigenvalue weighted by molar-refractivity contribution is 9.10. The minimum absolute atomic E-state index is 0.00603. The molecule has 0 amide bonds. The largest absolute Gasteiger partial charge is 0.508 e. The Kier molecular flexibility index (Phi) is 4.59. The third-order valence-corrected chi connectivity index (χ3v) is 4.42. The number of carbonyl (C=O) groups excluding carboxylic acids is 1. The summed E-state index contributed by atoms with van der Waals surface area (Å²) in [4.78, 5) is 23.9. The molecule has 0 radical (unpaired) electrons. The number of rotatable bonds is 3. The van der Waals surface area contributed by atoms with Crippen LogP contribution in [0.5, 0.6) is 5.75 Å². The van der Waals surface area contributed by atoms with Crippen LogP contribution in [0, 0.1) is 12.7 Å². The van der Waals surface area contributed by atoms with E-state index < -0.39 is 17.4 Å². The zero-order valence-electron chi connectivity index (χ0n) is 13.0. The fourth-order valence-corrected chi connectivity index (χ4v) is 2.82. The van der Waals surface area contributed by atoms with Crippen LogP contribution in [0.2, 0.25) is 0 Å². The molecule has 0 aliphatic heterocycles. The quantitative estimate of drug-likeness (QED) is 0.524. The molecule has 0 spiro atoms. The van der Waals surface area contributed by atoms with Crippen LogP contribution < -0.4 is 5.63 Å². The van der Waals surface area contributed by atoms with Crippen LogP contribution in [-0.2, 0) is 11.3 Å². The maximum atomic E-state index is 13.3. The molecule has 1 N–H and O–H groups in total. The average molecular weight is 407 g/mol. The van der Waals surface area contributed by atoms with E-state index in [-0.39, 0.29) is 23.5 Å². The summed E-state index contributed by atoms with van der Waals surface area (Å²) >= 11 is 3.17. The van der Waals surface area contributed by atoms with Crippen LogP contribution >= 0.6 is 15.9 Å². The lowest BCUT2D eigenvalue weighted by Gasteiger charge is -2.10. The predicted molar refractivity (Wildman–Crippen MR) is 92.1 cm³/mol. The summed E-state index contributed by atoms with van der Waals surface area (Å²) in [6.45, 7) is 1.41. The fourth-order valence-electron chi connectivity index (χ4n) is 2.41. The van der Waals surface area contributed by atoms with E-state index in [0.717, 1.165) is 6.07 Å². The number of phenols is 1. The van der Waals surface area contributed by atoms with E-state index in [1.807, 2.05) is 0 Å². The molecule has 3 aromatic rings. The standard InChI is InChI=1S/C18H12BrFO5/c1-9-15(21)5-3-12-10(6-16(22)25-17(9)12)8-24-18(23)13-7-11(20)2-4-14(13)19/h2-7,21H,8H2,1H3. The summed E-state index contributed by atoms with van der Waals surface area (Å²) in [5, 5.41) is 10.3. The second-order valence-electron chi connectivity index (χ2n) is 5.38. The highest BCUT2D eigenvalue weighted by Gasteiger charge is 2.15. The van der Waals surface area contributed by atoms with Crippen LogP contribution in [0.1, 0.15) is 21.5 Å². The molecule has 5 nitrogen and oxygen atoms in total. The number of hydrogen-bond acceptors (Lipinski definition) is 5. The normalized spacial score (nSPS) is 10.8. The molecular weight excluding hydrogens is 395 g/mol. The molecule has 3 rings (SSSR count). The lowest BCUT2D eigenvalue weighted by Crippen LogP contribution is -2.09. The Labute approximate surface area is 149 Å². The number of esters is 1. The van der Waals surface area contributed by atoms with Gasteiger partial charge in [0, 0.05) is 27.1 Å². The third-order valence-electron chi connectivity index (χ3n) is 3.73. The molecule has 0 unspecified atom stereocenters. The van der Waals surface area contributed by atoms with E-state index in [0.29, 0.717) is 21.0 Å². The van der Waals surface area contributed by atoms with Gasteiger partial charge in [-0.2, -0.15) is 0 Å². The molecule has 7 heteroatoms. The van der Waals surface area contributed by atoms with Crippen molar-refractivity contribution in [2.75, 3.05) is 0 Å². The van der Waals surface area contributed by atoms with Gasteiger partial charge in [0.1, 0.15) is 23.8 Å². The van der Waals surface area contributed by atoms with E-state index in [1.54, 1.807) is 13.0 Å². The molecule has 1 heterocycles. The summed E-state index contributed by atoms with van der Waals surface area (Å²) in [6, 6.07) is 7.93. The SMILES string of the molecule is Cc1c(O)ccc2c(COC(=O)c3cc(F)ccc3Br)cc(=O)oc12. The fraction of sp³-hybridized carbons (Fsp3) is 0.111. The summed E-state index contributed by atoms with van der Waals surface area (Å²) in [7, 11) is 0. The van der Waals surface area contributed by atoms with Crippen molar-refractivity contribution in [1.82, 2.24) is 0 Å². The first-order chi connectivity index (χ1) is 11.9. The number of aryl methyl sites for hydroxylation is 1. The van der Waals surface area contributed by atoms with Crippen molar-refractivity contribution in [2.24, 2.45) is 0 Å². The molecule has 0 bridgehead atoms. The second kappa shape index (κ2) is 6.68. The lowest BCUT2D eigenvalue weighted by atomic mass is 10.1. The second-order valence-corrected chi connectivity index (χ2v) is 6.23. The Bertz CT molecular complexity index is 1040. The van der Waals surface area contributed by atoms with E-state index in [2.05, 4.69) is 15.9 Å². The van der Waals surface area contributed by atoms with Crippen LogP contribution in [0.15, 0.2) is 50.1 Å². The summed E-state index contributed by atoms with van der Waals surface area (Å²) in [5.74, 6) is -1.30. The van der Waals surface area contributed by atoms with Gasteiger partial charge in [-0.25, -0.2) is 14.0 Å². The number of aromatic hydroxyl groups is 1. The molecule has 0 saturated carbocycles. The molecular formula is C18H12BrFO5. The Balaban J connectivity index is 1.93. The van der Waals surface area contributed by atoms with Crippen LogP contribution in [0.4, 0.5) is 4.39 Å². The van der Waals surface area contributed by atoms with Crippen LogP contribution in [0.25, 0.3) is 11.0 Å². The van der Waals surface area contributed by atoms with Crippen LogP contribution in [0.3, 0.4) is 0 Å². The Morgan fingerprint density at radius 3 is 2.80 bits per heavy atom.